The van der Waals surface area contributed by atoms with E-state index in [0.29, 0.717) is 15.0 Å². The Labute approximate surface area is 140 Å². The molecule has 1 aromatic heterocycles. The molecule has 0 radical (unpaired) electrons. The number of aromatic nitrogens is 2. The number of anilines is 1. The number of hydrogen-bond acceptors (Lipinski definition) is 7. The highest BCUT2D eigenvalue weighted by molar-refractivity contribution is 8.02. The van der Waals surface area contributed by atoms with E-state index in [1.54, 1.807) is 6.92 Å². The van der Waals surface area contributed by atoms with Crippen molar-refractivity contribution in [2.75, 3.05) is 11.9 Å². The monoisotopic (exact) mass is 359 g/mol. The molecule has 0 spiro atoms. The molecule has 5 nitrogen and oxygen atoms in total. The maximum atomic E-state index is 12.3. The van der Waals surface area contributed by atoms with E-state index in [9.17, 15) is 13.6 Å². The van der Waals surface area contributed by atoms with Crippen LogP contribution in [0.2, 0.25) is 0 Å². The Hall–Kier alpha value is -1.74. The molecule has 2 aromatic rings. The number of nitrogens with one attached hydrogen (secondary N) is 1. The summed E-state index contributed by atoms with van der Waals surface area (Å²) in [6, 6.07) is 5.65. The van der Waals surface area contributed by atoms with Crippen LogP contribution in [0.15, 0.2) is 28.6 Å². The number of hydrogen-bond donors (Lipinski definition) is 1. The molecule has 1 heterocycles. The molecule has 0 unspecified atom stereocenters. The number of alkyl halides is 2. The van der Waals surface area contributed by atoms with Crippen molar-refractivity contribution in [3.05, 3.63) is 29.8 Å². The number of thioether (sulfide) groups is 1. The number of benzene rings is 1. The van der Waals surface area contributed by atoms with Gasteiger partial charge >= 0.3 is 6.61 Å². The number of halogens is 2. The predicted octanol–water partition coefficient (Wildman–Crippen LogP) is 3.93. The van der Waals surface area contributed by atoms with E-state index >= 15 is 0 Å². The molecule has 2 rings (SSSR count). The van der Waals surface area contributed by atoms with Gasteiger partial charge < -0.3 is 10.1 Å². The summed E-state index contributed by atoms with van der Waals surface area (Å²) in [4.78, 5) is 12.3. The molecular formula is C14H15F2N3O2S2. The third kappa shape index (κ3) is 5.14. The van der Waals surface area contributed by atoms with Crippen LogP contribution in [0, 0.1) is 0 Å². The minimum absolute atomic E-state index is 0.0243. The molecule has 0 aliphatic rings. The maximum absolute atomic E-state index is 12.3. The van der Waals surface area contributed by atoms with E-state index in [4.69, 9.17) is 0 Å². The SMILES string of the molecule is CCNc1nnc(S[C@H](C)C(=O)c2ccc(OC(F)F)cc2)s1. The summed E-state index contributed by atoms with van der Waals surface area (Å²) in [6.07, 6.45) is 0. The van der Waals surface area contributed by atoms with Crippen molar-refractivity contribution in [1.82, 2.24) is 10.2 Å². The fourth-order valence-corrected chi connectivity index (χ4v) is 3.76. The summed E-state index contributed by atoms with van der Waals surface area (Å²) in [7, 11) is 0. The van der Waals surface area contributed by atoms with Gasteiger partial charge in [0.25, 0.3) is 0 Å². The lowest BCUT2D eigenvalue weighted by Crippen LogP contribution is -2.13. The first-order chi connectivity index (χ1) is 11.0. The van der Waals surface area contributed by atoms with Gasteiger partial charge in [-0.2, -0.15) is 8.78 Å². The molecule has 1 N–H and O–H groups in total. The quantitative estimate of drug-likeness (QED) is 0.569. The Bertz CT molecular complexity index is 650. The van der Waals surface area contributed by atoms with Crippen molar-refractivity contribution < 1.29 is 18.3 Å². The van der Waals surface area contributed by atoms with Crippen LogP contribution in [-0.4, -0.2) is 34.4 Å². The Balaban J connectivity index is 1.98. The first-order valence-electron chi connectivity index (χ1n) is 6.82. The maximum Gasteiger partial charge on any atom is 0.387 e. The molecule has 0 saturated carbocycles. The summed E-state index contributed by atoms with van der Waals surface area (Å²) in [5.74, 6) is -0.0879. The second-order valence-electron chi connectivity index (χ2n) is 4.43. The Morgan fingerprint density at radius 3 is 2.65 bits per heavy atom. The van der Waals surface area contributed by atoms with Crippen LogP contribution < -0.4 is 10.1 Å². The van der Waals surface area contributed by atoms with Gasteiger partial charge in [0, 0.05) is 12.1 Å². The fraction of sp³-hybridized carbons (Fsp3) is 0.357. The highest BCUT2D eigenvalue weighted by Crippen LogP contribution is 2.30. The third-order valence-electron chi connectivity index (χ3n) is 2.75. The van der Waals surface area contributed by atoms with Crippen LogP contribution in [0.25, 0.3) is 0 Å². The van der Waals surface area contributed by atoms with Crippen molar-refractivity contribution in [2.45, 2.75) is 30.0 Å². The minimum atomic E-state index is -2.88. The van der Waals surface area contributed by atoms with Crippen LogP contribution in [0.4, 0.5) is 13.9 Å². The molecule has 0 bridgehead atoms. The van der Waals surface area contributed by atoms with Crippen LogP contribution >= 0.6 is 23.1 Å². The smallest absolute Gasteiger partial charge is 0.387 e. The lowest BCUT2D eigenvalue weighted by atomic mass is 10.1. The number of ketones is 1. The van der Waals surface area contributed by atoms with Gasteiger partial charge in [-0.05, 0) is 38.1 Å². The fourth-order valence-electron chi connectivity index (χ4n) is 1.72. The number of Topliss-reactive ketones (excluding diaryl/α,β-unsaturated/α-hetero) is 1. The average Bonchev–Trinajstić information content (AvgIpc) is 2.94. The molecule has 0 amide bonds. The van der Waals surface area contributed by atoms with Gasteiger partial charge in [-0.15, -0.1) is 10.2 Å². The van der Waals surface area contributed by atoms with E-state index in [0.717, 1.165) is 6.54 Å². The van der Waals surface area contributed by atoms with E-state index in [1.165, 1.54) is 47.4 Å². The highest BCUT2D eigenvalue weighted by Gasteiger charge is 2.19. The van der Waals surface area contributed by atoms with Gasteiger partial charge in [-0.1, -0.05) is 23.1 Å². The summed E-state index contributed by atoms with van der Waals surface area (Å²) in [5, 5.41) is 11.4. The summed E-state index contributed by atoms with van der Waals surface area (Å²) >= 11 is 2.69. The number of rotatable bonds is 8. The Kier molecular flexibility index (Phi) is 6.28. The van der Waals surface area contributed by atoms with E-state index in [2.05, 4.69) is 20.3 Å². The molecule has 124 valence electrons. The highest BCUT2D eigenvalue weighted by atomic mass is 32.2. The molecule has 1 aromatic carbocycles. The van der Waals surface area contributed by atoms with E-state index in [-0.39, 0.29) is 16.8 Å². The summed E-state index contributed by atoms with van der Waals surface area (Å²) in [5.41, 5.74) is 0.433. The zero-order chi connectivity index (χ0) is 16.8. The Morgan fingerprint density at radius 2 is 2.04 bits per heavy atom. The van der Waals surface area contributed by atoms with Crippen molar-refractivity contribution in [1.29, 1.82) is 0 Å². The van der Waals surface area contributed by atoms with Gasteiger partial charge in [0.15, 0.2) is 10.1 Å². The van der Waals surface area contributed by atoms with Crippen molar-refractivity contribution in [3.63, 3.8) is 0 Å². The summed E-state index contributed by atoms with van der Waals surface area (Å²) < 4.78 is 29.1. The van der Waals surface area contributed by atoms with Crippen LogP contribution in [0.3, 0.4) is 0 Å². The first kappa shape index (κ1) is 17.6. The van der Waals surface area contributed by atoms with Gasteiger partial charge in [0.05, 0.1) is 5.25 Å². The number of carbonyl (C=O) groups excluding carboxylic acids is 1. The van der Waals surface area contributed by atoms with Crippen molar-refractivity contribution >= 4 is 34.0 Å². The Morgan fingerprint density at radius 1 is 1.35 bits per heavy atom. The molecule has 0 aliphatic heterocycles. The number of carbonyl (C=O) groups is 1. The van der Waals surface area contributed by atoms with Gasteiger partial charge in [-0.3, -0.25) is 4.79 Å². The normalized spacial score (nSPS) is 12.2. The average molecular weight is 359 g/mol. The minimum Gasteiger partial charge on any atom is -0.435 e. The van der Waals surface area contributed by atoms with Crippen molar-refractivity contribution in [2.24, 2.45) is 0 Å². The zero-order valence-electron chi connectivity index (χ0n) is 12.5. The second-order valence-corrected chi connectivity index (χ2v) is 7.00. The van der Waals surface area contributed by atoms with Gasteiger partial charge in [-0.25, -0.2) is 0 Å². The topological polar surface area (TPSA) is 64.1 Å². The molecule has 9 heteroatoms. The lowest BCUT2D eigenvalue weighted by Gasteiger charge is -2.09. The zero-order valence-corrected chi connectivity index (χ0v) is 14.1. The van der Waals surface area contributed by atoms with Gasteiger partial charge in [0.1, 0.15) is 5.75 Å². The first-order valence-corrected chi connectivity index (χ1v) is 8.52. The third-order valence-corrected chi connectivity index (χ3v) is 4.81. The molecular weight excluding hydrogens is 344 g/mol. The standard InChI is InChI=1S/C14H15F2N3O2S2/c1-3-17-13-18-19-14(23-13)22-8(2)11(20)9-4-6-10(7-5-9)21-12(15)16/h4-8,12H,3H2,1-2H3,(H,17,18)/t8-/m1/s1. The predicted molar refractivity (Wildman–Crippen MR) is 86.8 cm³/mol. The van der Waals surface area contributed by atoms with Crippen LogP contribution in [0.1, 0.15) is 24.2 Å². The summed E-state index contributed by atoms with van der Waals surface area (Å²) in [6.45, 7) is 1.60. The molecule has 0 aliphatic carbocycles. The molecule has 0 saturated heterocycles. The molecule has 23 heavy (non-hydrogen) atoms. The van der Waals surface area contributed by atoms with Crippen LogP contribution in [0.5, 0.6) is 5.75 Å². The van der Waals surface area contributed by atoms with Crippen molar-refractivity contribution in [3.8, 4) is 5.75 Å². The number of ether oxygens (including phenoxy) is 1. The second kappa shape index (κ2) is 8.21. The van der Waals surface area contributed by atoms with Crippen LogP contribution in [-0.2, 0) is 0 Å². The number of nitrogens with zero attached hydrogens (tertiary/aromatic N) is 2. The lowest BCUT2D eigenvalue weighted by molar-refractivity contribution is -0.0498. The van der Waals surface area contributed by atoms with E-state index < -0.39 is 6.61 Å². The molecule has 1 atom stereocenters. The van der Waals surface area contributed by atoms with Gasteiger partial charge in [0.2, 0.25) is 5.13 Å². The molecule has 0 fully saturated rings. The largest absolute Gasteiger partial charge is 0.435 e. The van der Waals surface area contributed by atoms with E-state index in [1.807, 2.05) is 6.92 Å².